The molecule has 2 aromatic carbocycles. The molecule has 3 rings (SSSR count). The molecule has 22 heavy (non-hydrogen) atoms. The molecule has 1 aliphatic rings. The maximum atomic E-state index is 5.47. The van der Waals surface area contributed by atoms with Gasteiger partial charge >= 0.3 is 0 Å². The molecule has 0 amide bonds. The maximum absolute atomic E-state index is 5.47. The minimum atomic E-state index is 0.504. The van der Waals surface area contributed by atoms with Gasteiger partial charge in [0.05, 0.1) is 12.8 Å². The lowest BCUT2D eigenvalue weighted by molar-refractivity contribution is 0.129. The third-order valence-corrected chi connectivity index (χ3v) is 4.15. The Morgan fingerprint density at radius 2 is 1.82 bits per heavy atom. The average molecular weight is 295 g/mol. The average Bonchev–Trinajstić information content (AvgIpc) is 3.37. The Labute approximate surface area is 131 Å². The van der Waals surface area contributed by atoms with Crippen molar-refractivity contribution in [1.29, 1.82) is 0 Å². The first-order chi connectivity index (χ1) is 10.8. The van der Waals surface area contributed by atoms with Gasteiger partial charge in [-0.15, -0.1) is 0 Å². The molecule has 0 N–H and O–H groups in total. The van der Waals surface area contributed by atoms with Gasteiger partial charge in [-0.2, -0.15) is 0 Å². The molecule has 1 aliphatic carbocycles. The van der Waals surface area contributed by atoms with Gasteiger partial charge in [-0.3, -0.25) is 0 Å². The van der Waals surface area contributed by atoms with E-state index in [1.165, 1.54) is 5.56 Å². The Hall–Kier alpha value is -2.29. The number of hydrogen-bond acceptors (Lipinski definition) is 3. The Balaban J connectivity index is 1.53. The summed E-state index contributed by atoms with van der Waals surface area (Å²) >= 11 is 0. The van der Waals surface area contributed by atoms with Gasteiger partial charge in [0.15, 0.2) is 0 Å². The molecule has 0 aromatic heterocycles. The number of hydrogen-bond donors (Lipinski definition) is 0. The van der Waals surface area contributed by atoms with Gasteiger partial charge < -0.3 is 9.57 Å². The van der Waals surface area contributed by atoms with Crippen LogP contribution in [0.1, 0.15) is 30.4 Å². The zero-order valence-electron chi connectivity index (χ0n) is 13.0. The van der Waals surface area contributed by atoms with Gasteiger partial charge in [0.2, 0.25) is 0 Å². The highest BCUT2D eigenvalue weighted by atomic mass is 16.6. The number of nitrogens with zero attached hydrogens (tertiary/aromatic N) is 1. The first kappa shape index (κ1) is 14.6. The van der Waals surface area contributed by atoms with Crippen molar-refractivity contribution in [3.63, 3.8) is 0 Å². The predicted molar refractivity (Wildman–Crippen MR) is 88.2 cm³/mol. The normalized spacial score (nSPS) is 20.5. The molecule has 2 atom stereocenters. The van der Waals surface area contributed by atoms with Crippen LogP contribution in [0.3, 0.4) is 0 Å². The first-order valence-corrected chi connectivity index (χ1v) is 7.62. The SMILES string of the molecule is COc1ccc([C@@H]2C[C@H]2/C(C)=N/OCc2ccccc2)cc1. The second-order valence-corrected chi connectivity index (χ2v) is 5.71. The maximum Gasteiger partial charge on any atom is 0.142 e. The second-order valence-electron chi connectivity index (χ2n) is 5.71. The molecule has 114 valence electrons. The molecule has 0 spiro atoms. The Morgan fingerprint density at radius 3 is 2.50 bits per heavy atom. The molecule has 2 aromatic rings. The second kappa shape index (κ2) is 6.65. The molecule has 0 saturated heterocycles. The highest BCUT2D eigenvalue weighted by Gasteiger charge is 2.40. The van der Waals surface area contributed by atoms with Crippen molar-refractivity contribution < 1.29 is 9.57 Å². The molecule has 0 aliphatic heterocycles. The van der Waals surface area contributed by atoms with Crippen molar-refractivity contribution in [2.75, 3.05) is 7.11 Å². The Bertz CT molecular complexity index is 634. The van der Waals surface area contributed by atoms with E-state index in [1.54, 1.807) is 7.11 Å². The van der Waals surface area contributed by atoms with Crippen LogP contribution in [0.15, 0.2) is 59.8 Å². The molecule has 0 bridgehead atoms. The van der Waals surface area contributed by atoms with Crippen LogP contribution in [0.5, 0.6) is 5.75 Å². The summed E-state index contributed by atoms with van der Waals surface area (Å²) in [6.07, 6.45) is 1.15. The summed E-state index contributed by atoms with van der Waals surface area (Å²) in [5.74, 6) is 1.97. The fraction of sp³-hybridized carbons (Fsp3) is 0.316. The summed E-state index contributed by atoms with van der Waals surface area (Å²) < 4.78 is 5.20. The fourth-order valence-corrected chi connectivity index (χ4v) is 2.73. The molecule has 1 fully saturated rings. The van der Waals surface area contributed by atoms with Crippen molar-refractivity contribution in [2.24, 2.45) is 11.1 Å². The van der Waals surface area contributed by atoms with Gasteiger partial charge in [0.1, 0.15) is 12.4 Å². The zero-order chi connectivity index (χ0) is 15.4. The zero-order valence-corrected chi connectivity index (χ0v) is 13.0. The number of ether oxygens (including phenoxy) is 1. The summed E-state index contributed by atoms with van der Waals surface area (Å²) in [5, 5.41) is 4.28. The molecule has 3 heteroatoms. The van der Waals surface area contributed by atoms with Crippen LogP contribution in [-0.2, 0) is 11.4 Å². The van der Waals surface area contributed by atoms with Gasteiger partial charge in [-0.25, -0.2) is 0 Å². The van der Waals surface area contributed by atoms with E-state index < -0.39 is 0 Å². The van der Waals surface area contributed by atoms with E-state index in [2.05, 4.69) is 24.2 Å². The summed E-state index contributed by atoms with van der Waals surface area (Å²) in [7, 11) is 1.69. The quantitative estimate of drug-likeness (QED) is 0.584. The van der Waals surface area contributed by atoms with Crippen molar-refractivity contribution in [3.8, 4) is 5.75 Å². The van der Waals surface area contributed by atoms with E-state index in [4.69, 9.17) is 9.57 Å². The number of rotatable bonds is 6. The smallest absolute Gasteiger partial charge is 0.142 e. The van der Waals surface area contributed by atoms with E-state index in [-0.39, 0.29) is 0 Å². The van der Waals surface area contributed by atoms with E-state index >= 15 is 0 Å². The Morgan fingerprint density at radius 1 is 1.09 bits per heavy atom. The van der Waals surface area contributed by atoms with Crippen LogP contribution >= 0.6 is 0 Å². The molecular formula is C19H21NO2. The van der Waals surface area contributed by atoms with Crippen molar-refractivity contribution >= 4 is 5.71 Å². The van der Waals surface area contributed by atoms with Crippen molar-refractivity contribution in [3.05, 3.63) is 65.7 Å². The lowest BCUT2D eigenvalue weighted by Crippen LogP contribution is -1.99. The number of benzene rings is 2. The van der Waals surface area contributed by atoms with Gasteiger partial charge in [0.25, 0.3) is 0 Å². The van der Waals surface area contributed by atoms with E-state index in [1.807, 2.05) is 42.5 Å². The largest absolute Gasteiger partial charge is 0.497 e. The Kier molecular flexibility index (Phi) is 4.42. The summed E-state index contributed by atoms with van der Waals surface area (Å²) in [5.41, 5.74) is 3.57. The minimum Gasteiger partial charge on any atom is -0.497 e. The standard InChI is InChI=1S/C19H21NO2/c1-14(20-22-13-15-6-4-3-5-7-15)18-12-19(18)16-8-10-17(21-2)11-9-16/h3-11,18-19H,12-13H2,1-2H3/b20-14+/t18-,19-/m0/s1. The number of oxime groups is 1. The topological polar surface area (TPSA) is 30.8 Å². The van der Waals surface area contributed by atoms with Crippen molar-refractivity contribution in [1.82, 2.24) is 0 Å². The monoisotopic (exact) mass is 295 g/mol. The third-order valence-electron chi connectivity index (χ3n) is 4.15. The van der Waals surface area contributed by atoms with E-state index in [0.717, 1.165) is 23.4 Å². The molecule has 0 unspecified atom stereocenters. The fourth-order valence-electron chi connectivity index (χ4n) is 2.73. The molecule has 0 heterocycles. The van der Waals surface area contributed by atoms with Crippen LogP contribution in [0.25, 0.3) is 0 Å². The van der Waals surface area contributed by atoms with E-state index in [0.29, 0.717) is 18.4 Å². The molecule has 1 saturated carbocycles. The van der Waals surface area contributed by atoms with Crippen LogP contribution < -0.4 is 4.74 Å². The lowest BCUT2D eigenvalue weighted by atomic mass is 10.1. The predicted octanol–water partition coefficient (Wildman–Crippen LogP) is 4.39. The summed E-state index contributed by atoms with van der Waals surface area (Å²) in [6, 6.07) is 18.4. The van der Waals surface area contributed by atoms with Crippen LogP contribution in [0.4, 0.5) is 0 Å². The summed E-state index contributed by atoms with van der Waals surface area (Å²) in [4.78, 5) is 5.47. The lowest BCUT2D eigenvalue weighted by Gasteiger charge is -2.04. The highest BCUT2D eigenvalue weighted by Crippen LogP contribution is 2.48. The van der Waals surface area contributed by atoms with Crippen LogP contribution in [0.2, 0.25) is 0 Å². The van der Waals surface area contributed by atoms with Crippen molar-refractivity contribution in [2.45, 2.75) is 25.9 Å². The van der Waals surface area contributed by atoms with Gasteiger partial charge in [-0.1, -0.05) is 47.6 Å². The van der Waals surface area contributed by atoms with Gasteiger partial charge in [0, 0.05) is 5.92 Å². The minimum absolute atomic E-state index is 0.504. The first-order valence-electron chi connectivity index (χ1n) is 7.62. The third kappa shape index (κ3) is 3.48. The van der Waals surface area contributed by atoms with Crippen LogP contribution in [-0.4, -0.2) is 12.8 Å². The highest BCUT2D eigenvalue weighted by molar-refractivity contribution is 5.87. The number of methoxy groups -OCH3 is 1. The summed E-state index contributed by atoms with van der Waals surface area (Å²) in [6.45, 7) is 2.58. The van der Waals surface area contributed by atoms with E-state index in [9.17, 15) is 0 Å². The molecule has 0 radical (unpaired) electrons. The van der Waals surface area contributed by atoms with Crippen LogP contribution in [0, 0.1) is 5.92 Å². The van der Waals surface area contributed by atoms with Gasteiger partial charge in [-0.05, 0) is 42.5 Å². The molecular weight excluding hydrogens is 274 g/mol. The molecule has 3 nitrogen and oxygen atoms in total.